The molecule has 0 spiro atoms. The van der Waals surface area contributed by atoms with Gasteiger partial charge < -0.3 is 11.1 Å². The molecule has 1 fully saturated rings. The Hall–Kier alpha value is -1.58. The van der Waals surface area contributed by atoms with E-state index in [0.717, 1.165) is 0 Å². The zero-order chi connectivity index (χ0) is 10.2. The molecule has 1 aliphatic rings. The summed E-state index contributed by atoms with van der Waals surface area (Å²) in [6.07, 6.45) is 1.35. The maximum absolute atomic E-state index is 13.2. The minimum atomic E-state index is -0.706. The molecule has 0 unspecified atom stereocenters. The Kier molecular flexibility index (Phi) is 1.91. The Morgan fingerprint density at radius 1 is 1.43 bits per heavy atom. The van der Waals surface area contributed by atoms with Gasteiger partial charge in [-0.3, -0.25) is 4.79 Å². The van der Waals surface area contributed by atoms with Crippen LogP contribution in [0.2, 0.25) is 0 Å². The van der Waals surface area contributed by atoms with Crippen LogP contribution in [0, 0.1) is 5.82 Å². The molecule has 0 saturated heterocycles. The van der Waals surface area contributed by atoms with E-state index in [-0.39, 0.29) is 5.82 Å². The van der Waals surface area contributed by atoms with E-state index in [4.69, 9.17) is 5.73 Å². The van der Waals surface area contributed by atoms with Gasteiger partial charge in [0.25, 0.3) is 0 Å². The van der Waals surface area contributed by atoms with Crippen LogP contribution in [-0.2, 0) is 4.79 Å². The van der Waals surface area contributed by atoms with Gasteiger partial charge in [-0.2, -0.15) is 0 Å². The minimum absolute atomic E-state index is 0.337. The number of hydrogen-bond donors (Lipinski definition) is 2. The first-order valence-electron chi connectivity index (χ1n) is 4.47. The smallest absolute Gasteiger partial charge is 0.243 e. The number of hydrogen-bond acceptors (Lipinski definition) is 2. The maximum Gasteiger partial charge on any atom is 0.243 e. The summed E-state index contributed by atoms with van der Waals surface area (Å²) in [5.41, 5.74) is 4.84. The van der Waals surface area contributed by atoms with Crippen LogP contribution in [0.1, 0.15) is 12.8 Å². The number of amides is 1. The topological polar surface area (TPSA) is 55.1 Å². The first-order chi connectivity index (χ1) is 6.64. The fraction of sp³-hybridized carbons (Fsp3) is 0.300. The molecular weight excluding hydrogens is 183 g/mol. The van der Waals surface area contributed by atoms with Gasteiger partial charge in [-0.25, -0.2) is 4.39 Å². The van der Waals surface area contributed by atoms with Crippen LogP contribution in [0.25, 0.3) is 0 Å². The van der Waals surface area contributed by atoms with Crippen molar-refractivity contribution in [3.05, 3.63) is 30.1 Å². The zero-order valence-electron chi connectivity index (χ0n) is 7.59. The molecule has 0 aromatic heterocycles. The minimum Gasteiger partial charge on any atom is -0.369 e. The molecule has 1 amide bonds. The van der Waals surface area contributed by atoms with Crippen molar-refractivity contribution < 1.29 is 9.18 Å². The van der Waals surface area contributed by atoms with Crippen molar-refractivity contribution in [2.75, 3.05) is 5.32 Å². The van der Waals surface area contributed by atoms with Crippen LogP contribution in [0.15, 0.2) is 24.3 Å². The van der Waals surface area contributed by atoms with E-state index in [1.54, 1.807) is 18.2 Å². The number of anilines is 1. The summed E-state index contributed by atoms with van der Waals surface area (Å²) < 4.78 is 13.2. The molecule has 1 aromatic carbocycles. The average Bonchev–Trinajstić information content (AvgIpc) is 2.90. The summed E-state index contributed by atoms with van der Waals surface area (Å²) in [6, 6.07) is 6.25. The SMILES string of the molecule is NC(=O)C1(Nc2ccccc2F)CC1. The van der Waals surface area contributed by atoms with Crippen LogP contribution in [0.5, 0.6) is 0 Å². The van der Waals surface area contributed by atoms with E-state index in [1.807, 2.05) is 0 Å². The Bertz CT molecular complexity index is 374. The van der Waals surface area contributed by atoms with Gasteiger partial charge in [-0.15, -0.1) is 0 Å². The highest BCUT2D eigenvalue weighted by molar-refractivity contribution is 5.91. The molecule has 1 aromatic rings. The van der Waals surface area contributed by atoms with Crippen molar-refractivity contribution >= 4 is 11.6 Å². The second-order valence-corrected chi connectivity index (χ2v) is 3.55. The molecule has 0 bridgehead atoms. The predicted octanol–water partition coefficient (Wildman–Crippen LogP) is 1.26. The molecule has 14 heavy (non-hydrogen) atoms. The lowest BCUT2D eigenvalue weighted by Gasteiger charge is -2.15. The molecule has 0 radical (unpaired) electrons. The second kappa shape index (κ2) is 2.97. The maximum atomic E-state index is 13.2. The van der Waals surface area contributed by atoms with E-state index in [1.165, 1.54) is 6.07 Å². The third-order valence-electron chi connectivity index (χ3n) is 2.47. The largest absolute Gasteiger partial charge is 0.369 e. The quantitative estimate of drug-likeness (QED) is 0.761. The fourth-order valence-electron chi connectivity index (χ4n) is 1.38. The van der Waals surface area contributed by atoms with Gasteiger partial charge in [0.05, 0.1) is 5.69 Å². The van der Waals surface area contributed by atoms with Crippen molar-refractivity contribution in [3.8, 4) is 0 Å². The molecule has 1 aliphatic carbocycles. The molecular formula is C10H11FN2O. The highest BCUT2D eigenvalue weighted by atomic mass is 19.1. The lowest BCUT2D eigenvalue weighted by molar-refractivity contribution is -0.119. The van der Waals surface area contributed by atoms with Crippen molar-refractivity contribution in [1.29, 1.82) is 0 Å². The van der Waals surface area contributed by atoms with Crippen molar-refractivity contribution in [2.45, 2.75) is 18.4 Å². The van der Waals surface area contributed by atoms with E-state index < -0.39 is 11.4 Å². The van der Waals surface area contributed by atoms with Gasteiger partial charge >= 0.3 is 0 Å². The molecule has 0 atom stereocenters. The molecule has 1 saturated carbocycles. The number of carbonyl (C=O) groups excluding carboxylic acids is 1. The first kappa shape index (κ1) is 8.99. The molecule has 74 valence electrons. The number of carbonyl (C=O) groups is 1. The molecule has 0 heterocycles. The number of primary amides is 1. The van der Waals surface area contributed by atoms with Gasteiger partial charge in [0.1, 0.15) is 11.4 Å². The van der Waals surface area contributed by atoms with Crippen molar-refractivity contribution in [3.63, 3.8) is 0 Å². The van der Waals surface area contributed by atoms with Crippen LogP contribution in [0.3, 0.4) is 0 Å². The highest BCUT2D eigenvalue weighted by Crippen LogP contribution is 2.38. The monoisotopic (exact) mass is 194 g/mol. The van der Waals surface area contributed by atoms with Gasteiger partial charge in [-0.05, 0) is 25.0 Å². The molecule has 3 nitrogen and oxygen atoms in total. The van der Waals surface area contributed by atoms with Crippen LogP contribution in [-0.4, -0.2) is 11.4 Å². The van der Waals surface area contributed by atoms with Gasteiger partial charge in [0, 0.05) is 0 Å². The lowest BCUT2D eigenvalue weighted by Crippen LogP contribution is -2.37. The highest BCUT2D eigenvalue weighted by Gasteiger charge is 2.48. The summed E-state index contributed by atoms with van der Waals surface area (Å²) in [6.45, 7) is 0. The Labute approximate surface area is 81.1 Å². The van der Waals surface area contributed by atoms with Crippen LogP contribution >= 0.6 is 0 Å². The first-order valence-corrected chi connectivity index (χ1v) is 4.47. The third kappa shape index (κ3) is 1.43. The van der Waals surface area contributed by atoms with Crippen LogP contribution in [0.4, 0.5) is 10.1 Å². The molecule has 3 N–H and O–H groups in total. The van der Waals surface area contributed by atoms with E-state index in [2.05, 4.69) is 5.32 Å². The number of para-hydroxylation sites is 1. The van der Waals surface area contributed by atoms with Gasteiger partial charge in [0.2, 0.25) is 5.91 Å². The second-order valence-electron chi connectivity index (χ2n) is 3.55. The van der Waals surface area contributed by atoms with Crippen molar-refractivity contribution in [1.82, 2.24) is 0 Å². The number of benzene rings is 1. The lowest BCUT2D eigenvalue weighted by atomic mass is 10.2. The molecule has 2 rings (SSSR count). The summed E-state index contributed by atoms with van der Waals surface area (Å²) in [4.78, 5) is 11.0. The number of nitrogens with two attached hydrogens (primary N) is 1. The Balaban J connectivity index is 2.19. The van der Waals surface area contributed by atoms with Crippen LogP contribution < -0.4 is 11.1 Å². The standard InChI is InChI=1S/C10H11FN2O/c11-7-3-1-2-4-8(7)13-10(5-6-10)9(12)14/h1-4,13H,5-6H2,(H2,12,14). The van der Waals surface area contributed by atoms with Gasteiger partial charge in [-0.1, -0.05) is 12.1 Å². The Morgan fingerprint density at radius 2 is 2.07 bits per heavy atom. The number of nitrogens with one attached hydrogen (secondary N) is 1. The number of rotatable bonds is 3. The molecule has 0 aliphatic heterocycles. The normalized spacial score (nSPS) is 17.5. The summed E-state index contributed by atoms with van der Waals surface area (Å²) in [5.74, 6) is -0.777. The zero-order valence-corrected chi connectivity index (χ0v) is 7.59. The van der Waals surface area contributed by atoms with E-state index in [0.29, 0.717) is 18.5 Å². The Morgan fingerprint density at radius 3 is 2.57 bits per heavy atom. The molecule has 4 heteroatoms. The van der Waals surface area contributed by atoms with Gasteiger partial charge in [0.15, 0.2) is 0 Å². The summed E-state index contributed by atoms with van der Waals surface area (Å²) >= 11 is 0. The summed E-state index contributed by atoms with van der Waals surface area (Å²) in [7, 11) is 0. The summed E-state index contributed by atoms with van der Waals surface area (Å²) in [5, 5.41) is 2.85. The third-order valence-corrected chi connectivity index (χ3v) is 2.47. The predicted molar refractivity (Wildman–Crippen MR) is 51.2 cm³/mol. The number of halogens is 1. The van der Waals surface area contributed by atoms with E-state index in [9.17, 15) is 9.18 Å². The fourth-order valence-corrected chi connectivity index (χ4v) is 1.38. The van der Waals surface area contributed by atoms with E-state index >= 15 is 0 Å². The average molecular weight is 194 g/mol. The van der Waals surface area contributed by atoms with Crippen molar-refractivity contribution in [2.24, 2.45) is 5.73 Å².